The molecule has 3 rings (SSSR count). The summed E-state index contributed by atoms with van der Waals surface area (Å²) in [6.07, 6.45) is 2.79. The van der Waals surface area contributed by atoms with Crippen LogP contribution >= 0.6 is 0 Å². The molecule has 22 heavy (non-hydrogen) atoms. The monoisotopic (exact) mass is 298 g/mol. The summed E-state index contributed by atoms with van der Waals surface area (Å²) < 4.78 is 5.55. The van der Waals surface area contributed by atoms with Crippen molar-refractivity contribution in [3.63, 3.8) is 0 Å². The van der Waals surface area contributed by atoms with E-state index in [9.17, 15) is 0 Å². The topological polar surface area (TPSA) is 87.0 Å². The standard InChI is InChI=1S/C16H18N4O2/c1-11-6-8-13(22-11)10-18-15-9-7-12-4-2-3-5-14(12)20(15)16(17)19-21/h2-6,8-9,18,21H,7,10H2,1H3,(H2,17,19). The Kier molecular flexibility index (Phi) is 3.74. The number of furan rings is 1. The summed E-state index contributed by atoms with van der Waals surface area (Å²) >= 11 is 0. The first-order valence-corrected chi connectivity index (χ1v) is 7.04. The quantitative estimate of drug-likeness (QED) is 0.350. The highest BCUT2D eigenvalue weighted by Gasteiger charge is 2.23. The van der Waals surface area contributed by atoms with Crippen LogP contribution in [0.1, 0.15) is 17.1 Å². The van der Waals surface area contributed by atoms with Crippen molar-refractivity contribution in [1.82, 2.24) is 5.32 Å². The zero-order valence-corrected chi connectivity index (χ0v) is 12.3. The predicted molar refractivity (Wildman–Crippen MR) is 84.4 cm³/mol. The molecule has 1 aliphatic heterocycles. The molecule has 0 atom stereocenters. The number of oxime groups is 1. The van der Waals surface area contributed by atoms with Gasteiger partial charge in [-0.05, 0) is 43.2 Å². The van der Waals surface area contributed by atoms with E-state index in [1.165, 1.54) is 0 Å². The summed E-state index contributed by atoms with van der Waals surface area (Å²) in [6.45, 7) is 2.43. The number of nitrogens with two attached hydrogens (primary N) is 1. The van der Waals surface area contributed by atoms with Gasteiger partial charge in [0, 0.05) is 0 Å². The van der Waals surface area contributed by atoms with Crippen LogP contribution in [0.3, 0.4) is 0 Å². The Labute approximate surface area is 128 Å². The van der Waals surface area contributed by atoms with E-state index in [1.807, 2.05) is 49.4 Å². The summed E-state index contributed by atoms with van der Waals surface area (Å²) in [6, 6.07) is 11.7. The molecule has 2 heterocycles. The van der Waals surface area contributed by atoms with Gasteiger partial charge in [-0.3, -0.25) is 4.90 Å². The highest BCUT2D eigenvalue weighted by atomic mass is 16.4. The zero-order chi connectivity index (χ0) is 15.5. The minimum atomic E-state index is 0.0153. The lowest BCUT2D eigenvalue weighted by atomic mass is 10.1. The third-order valence-corrected chi connectivity index (χ3v) is 3.56. The minimum absolute atomic E-state index is 0.0153. The van der Waals surface area contributed by atoms with Crippen LogP contribution in [-0.2, 0) is 13.0 Å². The van der Waals surface area contributed by atoms with E-state index < -0.39 is 0 Å². The Morgan fingerprint density at radius 3 is 2.91 bits per heavy atom. The molecule has 0 amide bonds. The van der Waals surface area contributed by atoms with Crippen molar-refractivity contribution in [1.29, 1.82) is 0 Å². The fraction of sp³-hybridized carbons (Fsp3) is 0.188. The molecule has 1 aliphatic rings. The highest BCUT2D eigenvalue weighted by Crippen LogP contribution is 2.28. The third kappa shape index (κ3) is 2.63. The molecule has 6 nitrogen and oxygen atoms in total. The van der Waals surface area contributed by atoms with Crippen LogP contribution < -0.4 is 16.0 Å². The molecule has 6 heteroatoms. The second-order valence-corrected chi connectivity index (χ2v) is 5.08. The Hall–Kier alpha value is -2.89. The predicted octanol–water partition coefficient (Wildman–Crippen LogP) is 2.29. The molecule has 1 aromatic carbocycles. The van der Waals surface area contributed by atoms with Crippen LogP contribution in [0.25, 0.3) is 0 Å². The molecule has 0 fully saturated rings. The van der Waals surface area contributed by atoms with E-state index in [2.05, 4.69) is 10.5 Å². The van der Waals surface area contributed by atoms with Crippen LogP contribution in [0.2, 0.25) is 0 Å². The number of hydrogen-bond donors (Lipinski definition) is 3. The van der Waals surface area contributed by atoms with Gasteiger partial charge in [-0.1, -0.05) is 23.4 Å². The minimum Gasteiger partial charge on any atom is -0.465 e. The first-order valence-electron chi connectivity index (χ1n) is 7.04. The molecule has 1 aromatic heterocycles. The van der Waals surface area contributed by atoms with E-state index >= 15 is 0 Å². The van der Waals surface area contributed by atoms with Crippen LogP contribution in [0.15, 0.2) is 57.9 Å². The Balaban J connectivity index is 1.85. The second-order valence-electron chi connectivity index (χ2n) is 5.08. The second kappa shape index (κ2) is 5.85. The lowest BCUT2D eigenvalue weighted by Gasteiger charge is -2.31. The lowest BCUT2D eigenvalue weighted by molar-refractivity contribution is 0.317. The van der Waals surface area contributed by atoms with Gasteiger partial charge in [-0.15, -0.1) is 0 Å². The van der Waals surface area contributed by atoms with Crippen LogP contribution in [0, 0.1) is 6.92 Å². The number of benzene rings is 1. The summed E-state index contributed by atoms with van der Waals surface area (Å²) in [4.78, 5) is 1.69. The molecule has 0 bridgehead atoms. The SMILES string of the molecule is Cc1ccc(CNC2=CCc3ccccc3N2/C(N)=N\O)o1. The van der Waals surface area contributed by atoms with Gasteiger partial charge in [-0.25, -0.2) is 0 Å². The van der Waals surface area contributed by atoms with Crippen molar-refractivity contribution < 1.29 is 9.62 Å². The molecular formula is C16H18N4O2. The summed E-state index contributed by atoms with van der Waals surface area (Å²) in [5.74, 6) is 2.48. The number of allylic oxidation sites excluding steroid dienone is 1. The Morgan fingerprint density at radius 1 is 1.36 bits per heavy atom. The molecule has 4 N–H and O–H groups in total. The van der Waals surface area contributed by atoms with Crippen LogP contribution in [-0.4, -0.2) is 11.2 Å². The molecule has 0 saturated carbocycles. The number of fused-ring (bicyclic) bond motifs is 1. The molecule has 0 spiro atoms. The average Bonchev–Trinajstić information content (AvgIpc) is 2.97. The van der Waals surface area contributed by atoms with E-state index in [1.54, 1.807) is 4.90 Å². The summed E-state index contributed by atoms with van der Waals surface area (Å²) in [5, 5.41) is 15.5. The first-order chi connectivity index (χ1) is 10.7. The smallest absolute Gasteiger partial charge is 0.243 e. The molecule has 0 unspecified atom stereocenters. The van der Waals surface area contributed by atoms with Crippen molar-refractivity contribution in [2.45, 2.75) is 19.9 Å². The maximum atomic E-state index is 9.07. The number of aryl methyl sites for hydroxylation is 1. The number of anilines is 1. The highest BCUT2D eigenvalue weighted by molar-refractivity contribution is 5.98. The van der Waals surface area contributed by atoms with E-state index in [4.69, 9.17) is 15.4 Å². The van der Waals surface area contributed by atoms with Crippen molar-refractivity contribution >= 4 is 11.6 Å². The van der Waals surface area contributed by atoms with Crippen LogP contribution in [0.4, 0.5) is 5.69 Å². The zero-order valence-electron chi connectivity index (χ0n) is 12.3. The number of para-hydroxylation sites is 1. The van der Waals surface area contributed by atoms with Crippen molar-refractivity contribution in [2.75, 3.05) is 4.90 Å². The fourth-order valence-electron chi connectivity index (χ4n) is 2.53. The number of nitrogens with one attached hydrogen (secondary N) is 1. The van der Waals surface area contributed by atoms with Gasteiger partial charge in [0.2, 0.25) is 5.96 Å². The van der Waals surface area contributed by atoms with E-state index in [-0.39, 0.29) is 5.96 Å². The molecular weight excluding hydrogens is 280 g/mol. The molecule has 2 aromatic rings. The largest absolute Gasteiger partial charge is 0.465 e. The van der Waals surface area contributed by atoms with Crippen molar-refractivity contribution in [2.24, 2.45) is 10.9 Å². The Bertz CT molecular complexity index is 733. The van der Waals surface area contributed by atoms with Gasteiger partial charge in [0.05, 0.1) is 12.2 Å². The summed E-state index contributed by atoms with van der Waals surface area (Å²) in [7, 11) is 0. The summed E-state index contributed by atoms with van der Waals surface area (Å²) in [5.41, 5.74) is 7.87. The van der Waals surface area contributed by atoms with Gasteiger partial charge in [0.25, 0.3) is 0 Å². The Morgan fingerprint density at radius 2 is 2.18 bits per heavy atom. The number of guanidine groups is 1. The van der Waals surface area contributed by atoms with Gasteiger partial charge in [0.15, 0.2) is 0 Å². The molecule has 0 saturated heterocycles. The van der Waals surface area contributed by atoms with Gasteiger partial charge < -0.3 is 20.7 Å². The van der Waals surface area contributed by atoms with Gasteiger partial charge >= 0.3 is 0 Å². The maximum absolute atomic E-state index is 9.07. The molecule has 0 aliphatic carbocycles. The van der Waals surface area contributed by atoms with Crippen LogP contribution in [0.5, 0.6) is 0 Å². The number of hydrogen-bond acceptors (Lipinski definition) is 4. The maximum Gasteiger partial charge on any atom is 0.243 e. The van der Waals surface area contributed by atoms with E-state index in [0.717, 1.165) is 35.0 Å². The lowest BCUT2D eigenvalue weighted by Crippen LogP contribution is -2.43. The first kappa shape index (κ1) is 14.1. The van der Waals surface area contributed by atoms with E-state index in [0.29, 0.717) is 6.54 Å². The third-order valence-electron chi connectivity index (χ3n) is 3.56. The fourth-order valence-corrected chi connectivity index (χ4v) is 2.53. The van der Waals surface area contributed by atoms with Crippen molar-refractivity contribution in [3.05, 3.63) is 65.4 Å². The normalized spacial score (nSPS) is 14.5. The number of rotatable bonds is 3. The van der Waals surface area contributed by atoms with Gasteiger partial charge in [-0.2, -0.15) is 0 Å². The van der Waals surface area contributed by atoms with Gasteiger partial charge in [0.1, 0.15) is 17.3 Å². The number of nitrogens with zero attached hydrogens (tertiary/aromatic N) is 2. The molecule has 114 valence electrons. The van der Waals surface area contributed by atoms with Crippen molar-refractivity contribution in [3.8, 4) is 0 Å². The average molecular weight is 298 g/mol. The molecule has 0 radical (unpaired) electrons.